The van der Waals surface area contributed by atoms with Crippen LogP contribution in [0.15, 0.2) is 219 Å². The van der Waals surface area contributed by atoms with Crippen molar-refractivity contribution >= 4 is 97.5 Å². The molecule has 0 amide bonds. The number of benzene rings is 11. The quantitative estimate of drug-likeness (QED) is 0.166. The highest BCUT2D eigenvalue weighted by Gasteiger charge is 2.30. The zero-order valence-corrected chi connectivity index (χ0v) is 38.6. The molecule has 4 aromatic heterocycles. The fourth-order valence-corrected chi connectivity index (χ4v) is 13.1. The largest absolute Gasteiger partial charge is 0.237 e. The van der Waals surface area contributed by atoms with Crippen LogP contribution in [0.25, 0.3) is 175 Å². The lowest BCUT2D eigenvalue weighted by atomic mass is 9.83. The van der Waals surface area contributed by atoms with E-state index >= 15 is 0 Å². The van der Waals surface area contributed by atoms with Gasteiger partial charge in [0.1, 0.15) is 0 Å². The highest BCUT2D eigenvalue weighted by atomic mass is 14.8. The fraction of sp³-hybridized carbons (Fsp3) is 0. The molecule has 4 heterocycles. The summed E-state index contributed by atoms with van der Waals surface area (Å²) in [5.74, 6) is 0. The Morgan fingerprint density at radius 1 is 0.208 bits per heavy atom. The number of fused-ring (bicyclic) bond motifs is 17. The van der Waals surface area contributed by atoms with Gasteiger partial charge in [-0.05, 0) is 232 Å². The summed E-state index contributed by atoms with van der Waals surface area (Å²) in [6.07, 6.45) is 7.51. The van der Waals surface area contributed by atoms with Crippen molar-refractivity contribution in [3.8, 4) is 77.9 Å². The zero-order valence-electron chi connectivity index (χ0n) is 38.6. The maximum absolute atomic E-state index is 4.79. The average Bonchev–Trinajstić information content (AvgIpc) is 3.94. The summed E-state index contributed by atoms with van der Waals surface area (Å²) >= 11 is 0. The van der Waals surface area contributed by atoms with E-state index in [1.54, 1.807) is 0 Å². The number of hydrogen-bond donors (Lipinski definition) is 0. The standard InChI is InChI=1S/C68H36N4/c1-2-12-37(13-3-1)63-44-17-7-6-16-40(44)45-19-9-21-47-53-34-57-55-31-50(41-24-28-71-67-48(41)22-10-26-69-67)54-33-52-46-20-8-18-43-39-15-5-4-14-38(39)30-61(64(43)46)60(52)35-58(54)56(55)32-51(59(57)36-62(53)66(63)65(45)47)42-25-29-72-68-49(42)23-11-27-70-68/h1-36H. The lowest BCUT2D eigenvalue weighted by Gasteiger charge is -2.20. The first-order valence-corrected chi connectivity index (χ1v) is 24.7. The molecule has 17 rings (SSSR count). The molecule has 2 aliphatic rings. The summed E-state index contributed by atoms with van der Waals surface area (Å²) in [7, 11) is 0. The van der Waals surface area contributed by atoms with Crippen LogP contribution in [0.4, 0.5) is 0 Å². The van der Waals surface area contributed by atoms with E-state index in [2.05, 4.69) is 182 Å². The van der Waals surface area contributed by atoms with Crippen molar-refractivity contribution in [3.63, 3.8) is 0 Å². The average molecular weight is 909 g/mol. The summed E-state index contributed by atoms with van der Waals surface area (Å²) in [5.41, 5.74) is 18.6. The topological polar surface area (TPSA) is 51.6 Å². The Hall–Kier alpha value is -9.64. The maximum atomic E-state index is 4.79. The van der Waals surface area contributed by atoms with Crippen molar-refractivity contribution in [2.24, 2.45) is 0 Å². The second-order valence-corrected chi connectivity index (χ2v) is 19.6. The molecule has 0 unspecified atom stereocenters. The van der Waals surface area contributed by atoms with Gasteiger partial charge in [-0.1, -0.05) is 115 Å². The second-order valence-electron chi connectivity index (χ2n) is 19.6. The first-order valence-electron chi connectivity index (χ1n) is 24.7. The number of pyridine rings is 4. The van der Waals surface area contributed by atoms with Crippen molar-refractivity contribution in [3.05, 3.63) is 219 Å². The lowest BCUT2D eigenvalue weighted by Crippen LogP contribution is -1.94. The Morgan fingerprint density at radius 2 is 0.681 bits per heavy atom. The summed E-state index contributed by atoms with van der Waals surface area (Å²) in [6, 6.07) is 72.6. The van der Waals surface area contributed by atoms with E-state index in [-0.39, 0.29) is 0 Å². The van der Waals surface area contributed by atoms with Crippen LogP contribution < -0.4 is 0 Å². The summed E-state index contributed by atoms with van der Waals surface area (Å²) in [6.45, 7) is 0. The van der Waals surface area contributed by atoms with Gasteiger partial charge in [0.25, 0.3) is 0 Å². The van der Waals surface area contributed by atoms with E-state index in [0.29, 0.717) is 0 Å². The van der Waals surface area contributed by atoms with Crippen LogP contribution in [-0.2, 0) is 0 Å². The number of aromatic nitrogens is 4. The fourth-order valence-electron chi connectivity index (χ4n) is 13.1. The normalized spacial score (nSPS) is 12.4. The molecule has 4 heteroatoms. The van der Waals surface area contributed by atoms with Crippen molar-refractivity contribution < 1.29 is 0 Å². The van der Waals surface area contributed by atoms with Crippen LogP contribution in [0.2, 0.25) is 0 Å². The molecule has 0 N–H and O–H groups in total. The van der Waals surface area contributed by atoms with E-state index in [4.69, 9.17) is 19.9 Å². The lowest BCUT2D eigenvalue weighted by molar-refractivity contribution is 1.29. The van der Waals surface area contributed by atoms with Crippen molar-refractivity contribution in [1.82, 2.24) is 19.9 Å². The van der Waals surface area contributed by atoms with Crippen molar-refractivity contribution in [2.45, 2.75) is 0 Å². The van der Waals surface area contributed by atoms with Crippen molar-refractivity contribution in [2.75, 3.05) is 0 Å². The molecular formula is C68H36N4. The molecule has 15 aromatic rings. The van der Waals surface area contributed by atoms with E-state index in [9.17, 15) is 0 Å². The maximum Gasteiger partial charge on any atom is 0.159 e. The molecule has 0 saturated heterocycles. The minimum Gasteiger partial charge on any atom is -0.237 e. The third-order valence-corrected chi connectivity index (χ3v) is 16.1. The summed E-state index contributed by atoms with van der Waals surface area (Å²) in [5, 5.41) is 19.5. The second kappa shape index (κ2) is 14.0. The minimum atomic E-state index is 0.730. The Balaban J connectivity index is 1.07. The summed E-state index contributed by atoms with van der Waals surface area (Å²) in [4.78, 5) is 19.1. The zero-order chi connectivity index (χ0) is 46.8. The van der Waals surface area contributed by atoms with Gasteiger partial charge in [0.2, 0.25) is 0 Å². The molecule has 0 atom stereocenters. The van der Waals surface area contributed by atoms with Gasteiger partial charge in [0, 0.05) is 35.6 Å². The first kappa shape index (κ1) is 38.2. The molecule has 72 heavy (non-hydrogen) atoms. The number of nitrogens with zero attached hydrogens (tertiary/aromatic N) is 4. The van der Waals surface area contributed by atoms with E-state index in [1.807, 2.05) is 36.9 Å². The van der Waals surface area contributed by atoms with Gasteiger partial charge < -0.3 is 0 Å². The SMILES string of the molecule is c1ccc(-c2c3c4c(cccc4c4ccccc24)-c2cc4c(cc2-3)c(-c2ccnc3ncccc23)cc2c3cc5c(cc3c(-c3ccnc6ncccc36)cc42)-c2cccc3c2c-5cc2ccccc23)cc1. The number of rotatable bonds is 3. The third-order valence-electron chi connectivity index (χ3n) is 16.1. The van der Waals surface area contributed by atoms with Crippen LogP contribution in [0, 0.1) is 0 Å². The Kier molecular flexibility index (Phi) is 7.44. The van der Waals surface area contributed by atoms with Crippen molar-refractivity contribution in [1.29, 1.82) is 0 Å². The van der Waals surface area contributed by atoms with Gasteiger partial charge in [-0.3, -0.25) is 0 Å². The van der Waals surface area contributed by atoms with Crippen LogP contribution >= 0.6 is 0 Å². The molecule has 0 bridgehead atoms. The molecule has 0 radical (unpaired) electrons. The smallest absolute Gasteiger partial charge is 0.159 e. The van der Waals surface area contributed by atoms with Crippen LogP contribution in [-0.4, -0.2) is 19.9 Å². The van der Waals surface area contributed by atoms with Crippen LogP contribution in [0.5, 0.6) is 0 Å². The third kappa shape index (κ3) is 4.99. The highest BCUT2D eigenvalue weighted by molar-refractivity contribution is 6.34. The number of hydrogen-bond acceptors (Lipinski definition) is 4. The molecule has 0 aliphatic heterocycles. The molecule has 0 saturated carbocycles. The predicted octanol–water partition coefficient (Wildman–Crippen LogP) is 17.9. The molecule has 4 nitrogen and oxygen atoms in total. The predicted molar refractivity (Wildman–Crippen MR) is 300 cm³/mol. The van der Waals surface area contributed by atoms with E-state index in [0.717, 1.165) is 44.3 Å². The molecule has 0 fully saturated rings. The molecule has 0 spiro atoms. The van der Waals surface area contributed by atoms with Crippen LogP contribution in [0.1, 0.15) is 0 Å². The molecule has 11 aromatic carbocycles. The van der Waals surface area contributed by atoms with Gasteiger partial charge in [-0.15, -0.1) is 0 Å². The van der Waals surface area contributed by atoms with Gasteiger partial charge in [-0.2, -0.15) is 0 Å². The Bertz CT molecular complexity index is 4970. The molecule has 2 aliphatic carbocycles. The Labute approximate surface area is 412 Å². The van der Waals surface area contributed by atoms with Gasteiger partial charge in [0.15, 0.2) is 11.3 Å². The van der Waals surface area contributed by atoms with Gasteiger partial charge in [-0.25, -0.2) is 19.9 Å². The monoisotopic (exact) mass is 908 g/mol. The van der Waals surface area contributed by atoms with E-state index in [1.165, 1.54) is 131 Å². The van der Waals surface area contributed by atoms with Gasteiger partial charge >= 0.3 is 0 Å². The first-order chi connectivity index (χ1) is 35.7. The summed E-state index contributed by atoms with van der Waals surface area (Å²) < 4.78 is 0. The molecule has 328 valence electrons. The highest BCUT2D eigenvalue weighted by Crippen LogP contribution is 2.58. The Morgan fingerprint density at radius 3 is 1.36 bits per heavy atom. The van der Waals surface area contributed by atoms with Gasteiger partial charge in [0.05, 0.1) is 0 Å². The molecular weight excluding hydrogens is 873 g/mol. The van der Waals surface area contributed by atoms with Crippen LogP contribution in [0.3, 0.4) is 0 Å². The van der Waals surface area contributed by atoms with E-state index < -0.39 is 0 Å². The minimum absolute atomic E-state index is 0.730.